The van der Waals surface area contributed by atoms with Crippen molar-refractivity contribution in [3.63, 3.8) is 0 Å². The minimum absolute atomic E-state index is 0.175. The Morgan fingerprint density at radius 1 is 1.39 bits per heavy atom. The van der Waals surface area contributed by atoms with Gasteiger partial charge >= 0.3 is 0 Å². The van der Waals surface area contributed by atoms with Crippen molar-refractivity contribution in [2.24, 2.45) is 0 Å². The fraction of sp³-hybridized carbons (Fsp3) is 0.562. The summed E-state index contributed by atoms with van der Waals surface area (Å²) in [5, 5.41) is 9.04. The highest BCUT2D eigenvalue weighted by Gasteiger charge is 2.37. The van der Waals surface area contributed by atoms with Crippen molar-refractivity contribution in [3.05, 3.63) is 29.3 Å². The summed E-state index contributed by atoms with van der Waals surface area (Å²) < 4.78 is 0. The number of benzene rings is 1. The lowest BCUT2D eigenvalue weighted by Crippen LogP contribution is -2.51. The maximum atomic E-state index is 9.04. The van der Waals surface area contributed by atoms with Crippen LogP contribution in [0.4, 0.5) is 5.69 Å². The lowest BCUT2D eigenvalue weighted by atomic mass is 9.79. The number of hydrogen-bond donors (Lipinski definition) is 0. The minimum atomic E-state index is 0.175. The second kappa shape index (κ2) is 4.31. The van der Waals surface area contributed by atoms with E-state index >= 15 is 0 Å². The highest BCUT2D eigenvalue weighted by molar-refractivity contribution is 5.62. The predicted molar refractivity (Wildman–Crippen MR) is 75.9 cm³/mol. The van der Waals surface area contributed by atoms with Gasteiger partial charge in [-0.1, -0.05) is 6.92 Å². The average Bonchev–Trinajstić information content (AvgIpc) is 2.26. The third-order valence-electron chi connectivity index (χ3n) is 3.92. The molecule has 0 N–H and O–H groups in total. The number of hydrogen-bond acceptors (Lipinski definition) is 2. The fourth-order valence-electron chi connectivity index (χ4n) is 3.50. The molecule has 2 heteroatoms. The molecule has 18 heavy (non-hydrogen) atoms. The van der Waals surface area contributed by atoms with Crippen LogP contribution in [0.5, 0.6) is 0 Å². The van der Waals surface area contributed by atoms with Crippen LogP contribution < -0.4 is 4.90 Å². The molecule has 1 aliphatic rings. The standard InChI is InChI=1S/C16H22N2/c1-11(2)18-15-7-6-13(10-17)8-14(15)12(3)9-16(18,4)5/h6-8,11-12H,9H2,1-5H3. The van der Waals surface area contributed by atoms with Gasteiger partial charge in [-0.25, -0.2) is 0 Å². The van der Waals surface area contributed by atoms with Crippen LogP contribution in [0.15, 0.2) is 18.2 Å². The number of fused-ring (bicyclic) bond motifs is 1. The van der Waals surface area contributed by atoms with Crippen LogP contribution in [0.3, 0.4) is 0 Å². The Morgan fingerprint density at radius 2 is 2.06 bits per heavy atom. The van der Waals surface area contributed by atoms with E-state index in [0.717, 1.165) is 12.0 Å². The van der Waals surface area contributed by atoms with Crippen molar-refractivity contribution in [1.82, 2.24) is 0 Å². The van der Waals surface area contributed by atoms with Crippen molar-refractivity contribution in [2.75, 3.05) is 4.90 Å². The smallest absolute Gasteiger partial charge is 0.0991 e. The van der Waals surface area contributed by atoms with Gasteiger partial charge in [0, 0.05) is 17.3 Å². The van der Waals surface area contributed by atoms with Gasteiger partial charge in [0.05, 0.1) is 11.6 Å². The van der Waals surface area contributed by atoms with E-state index in [1.54, 1.807) is 0 Å². The second-order valence-corrected chi connectivity index (χ2v) is 6.27. The summed E-state index contributed by atoms with van der Waals surface area (Å²) in [5.74, 6) is 0.512. The molecular formula is C16H22N2. The van der Waals surface area contributed by atoms with E-state index < -0.39 is 0 Å². The summed E-state index contributed by atoms with van der Waals surface area (Å²) in [7, 11) is 0. The van der Waals surface area contributed by atoms with Crippen LogP contribution in [0.2, 0.25) is 0 Å². The zero-order valence-corrected chi connectivity index (χ0v) is 12.0. The molecule has 0 fully saturated rings. The van der Waals surface area contributed by atoms with Gasteiger partial charge in [0.2, 0.25) is 0 Å². The summed E-state index contributed by atoms with van der Waals surface area (Å²) in [6.45, 7) is 11.4. The van der Waals surface area contributed by atoms with Gasteiger partial charge in [0.1, 0.15) is 0 Å². The molecule has 2 nitrogen and oxygen atoms in total. The molecule has 1 aliphatic heterocycles. The summed E-state index contributed by atoms with van der Waals surface area (Å²) in [4.78, 5) is 2.49. The van der Waals surface area contributed by atoms with E-state index in [4.69, 9.17) is 5.26 Å². The van der Waals surface area contributed by atoms with Crippen LogP contribution >= 0.6 is 0 Å². The van der Waals surface area contributed by atoms with Gasteiger partial charge in [-0.3, -0.25) is 0 Å². The Labute approximate surface area is 110 Å². The summed E-state index contributed by atoms with van der Waals surface area (Å²) in [6, 6.07) is 8.82. The van der Waals surface area contributed by atoms with E-state index in [1.165, 1.54) is 11.3 Å². The molecular weight excluding hydrogens is 220 g/mol. The molecule has 1 unspecified atom stereocenters. The molecule has 1 atom stereocenters. The third kappa shape index (κ3) is 1.99. The third-order valence-corrected chi connectivity index (χ3v) is 3.92. The fourth-order valence-corrected chi connectivity index (χ4v) is 3.50. The van der Waals surface area contributed by atoms with Gasteiger partial charge in [-0.2, -0.15) is 5.26 Å². The number of nitrogens with zero attached hydrogens (tertiary/aromatic N) is 2. The predicted octanol–water partition coefficient (Wildman–Crippen LogP) is 4.06. The summed E-state index contributed by atoms with van der Waals surface area (Å²) in [5.41, 5.74) is 3.56. The summed E-state index contributed by atoms with van der Waals surface area (Å²) >= 11 is 0. The Morgan fingerprint density at radius 3 is 2.61 bits per heavy atom. The second-order valence-electron chi connectivity index (χ2n) is 6.27. The molecule has 1 aromatic rings. The Balaban J connectivity index is 2.59. The van der Waals surface area contributed by atoms with Crippen LogP contribution in [0.25, 0.3) is 0 Å². The quantitative estimate of drug-likeness (QED) is 0.742. The normalized spacial score (nSPS) is 21.6. The Kier molecular flexibility index (Phi) is 3.11. The molecule has 0 amide bonds. The molecule has 1 heterocycles. The van der Waals surface area contributed by atoms with E-state index in [2.05, 4.69) is 57.7 Å². The van der Waals surface area contributed by atoms with Gasteiger partial charge in [-0.05, 0) is 63.8 Å². The molecule has 0 spiro atoms. The maximum Gasteiger partial charge on any atom is 0.0991 e. The van der Waals surface area contributed by atoms with Crippen LogP contribution in [0.1, 0.15) is 58.1 Å². The van der Waals surface area contributed by atoms with E-state index in [1.807, 2.05) is 6.07 Å². The summed E-state index contributed by atoms with van der Waals surface area (Å²) in [6.07, 6.45) is 1.13. The van der Waals surface area contributed by atoms with E-state index in [9.17, 15) is 0 Å². The number of nitriles is 1. The Hall–Kier alpha value is -1.49. The highest BCUT2D eigenvalue weighted by atomic mass is 15.2. The Bertz CT molecular complexity index is 494. The molecule has 2 rings (SSSR count). The zero-order valence-electron chi connectivity index (χ0n) is 12.0. The van der Waals surface area contributed by atoms with Gasteiger partial charge in [0.15, 0.2) is 0 Å². The average molecular weight is 242 g/mol. The first-order valence-electron chi connectivity index (χ1n) is 6.70. The molecule has 0 aliphatic carbocycles. The molecule has 96 valence electrons. The van der Waals surface area contributed by atoms with E-state index in [-0.39, 0.29) is 5.54 Å². The number of rotatable bonds is 1. The monoisotopic (exact) mass is 242 g/mol. The van der Waals surface area contributed by atoms with Crippen molar-refractivity contribution >= 4 is 5.69 Å². The molecule has 0 saturated carbocycles. The van der Waals surface area contributed by atoms with Crippen LogP contribution in [0, 0.1) is 11.3 Å². The lowest BCUT2D eigenvalue weighted by molar-refractivity contribution is 0.356. The molecule has 0 aromatic heterocycles. The zero-order chi connectivity index (χ0) is 13.5. The van der Waals surface area contributed by atoms with Crippen LogP contribution in [-0.4, -0.2) is 11.6 Å². The van der Waals surface area contributed by atoms with Crippen molar-refractivity contribution in [1.29, 1.82) is 5.26 Å². The van der Waals surface area contributed by atoms with Crippen molar-refractivity contribution in [3.8, 4) is 6.07 Å². The first-order chi connectivity index (χ1) is 8.36. The maximum absolute atomic E-state index is 9.04. The largest absolute Gasteiger partial charge is 0.364 e. The topological polar surface area (TPSA) is 27.0 Å². The first-order valence-corrected chi connectivity index (χ1v) is 6.70. The highest BCUT2D eigenvalue weighted by Crippen LogP contribution is 2.44. The first kappa shape index (κ1) is 13.0. The van der Waals surface area contributed by atoms with Crippen LogP contribution in [-0.2, 0) is 0 Å². The van der Waals surface area contributed by atoms with E-state index in [0.29, 0.717) is 12.0 Å². The molecule has 1 aromatic carbocycles. The van der Waals surface area contributed by atoms with Gasteiger partial charge in [0.25, 0.3) is 0 Å². The molecule has 0 radical (unpaired) electrons. The molecule has 0 saturated heterocycles. The number of anilines is 1. The van der Waals surface area contributed by atoms with Gasteiger partial charge in [-0.15, -0.1) is 0 Å². The van der Waals surface area contributed by atoms with Crippen molar-refractivity contribution < 1.29 is 0 Å². The molecule has 0 bridgehead atoms. The SMILES string of the molecule is CC1CC(C)(C)N(C(C)C)c2ccc(C#N)cc21. The minimum Gasteiger partial charge on any atom is -0.364 e. The lowest BCUT2D eigenvalue weighted by Gasteiger charge is -2.50. The van der Waals surface area contributed by atoms with Crippen molar-refractivity contribution in [2.45, 2.75) is 58.5 Å². The van der Waals surface area contributed by atoms with Gasteiger partial charge < -0.3 is 4.90 Å².